The first kappa shape index (κ1) is 15.0. The summed E-state index contributed by atoms with van der Waals surface area (Å²) in [7, 11) is 0. The van der Waals surface area contributed by atoms with E-state index in [9.17, 15) is 9.59 Å². The Morgan fingerprint density at radius 2 is 2.14 bits per heavy atom. The second kappa shape index (κ2) is 5.72. The summed E-state index contributed by atoms with van der Waals surface area (Å²) in [5.74, 6) is -0.231. The number of rotatable bonds is 3. The minimum atomic E-state index is -0.720. The molecule has 1 amide bonds. The molecule has 116 valence electrons. The number of nitrogens with one attached hydrogen (secondary N) is 1. The van der Waals surface area contributed by atoms with Crippen molar-refractivity contribution in [2.45, 2.75) is 32.1 Å². The molecule has 0 aliphatic carbocycles. The van der Waals surface area contributed by atoms with Crippen molar-refractivity contribution in [2.75, 3.05) is 0 Å². The SMILES string of the molecule is CC(=O)C1Oc2ccc(Br)cc2C1NC(=O)C1C=NOC1C. The van der Waals surface area contributed by atoms with Crippen LogP contribution in [0.15, 0.2) is 27.8 Å². The first-order valence-corrected chi connectivity index (χ1v) is 7.73. The highest BCUT2D eigenvalue weighted by Gasteiger charge is 2.40. The molecule has 1 aromatic carbocycles. The molecule has 3 rings (SSSR count). The third-order valence-corrected chi connectivity index (χ3v) is 4.31. The maximum atomic E-state index is 12.4. The maximum absolute atomic E-state index is 12.4. The van der Waals surface area contributed by atoms with Crippen LogP contribution in [0.25, 0.3) is 0 Å². The van der Waals surface area contributed by atoms with Crippen molar-refractivity contribution in [1.82, 2.24) is 5.32 Å². The number of hydrogen-bond donors (Lipinski definition) is 1. The Kier molecular flexibility index (Phi) is 3.90. The number of carbonyl (C=O) groups excluding carboxylic acids is 2. The van der Waals surface area contributed by atoms with Crippen LogP contribution in [-0.2, 0) is 14.4 Å². The molecular formula is C15H15BrN2O4. The molecule has 0 spiro atoms. The van der Waals surface area contributed by atoms with Crippen molar-refractivity contribution in [2.24, 2.45) is 11.1 Å². The predicted molar refractivity (Wildman–Crippen MR) is 82.7 cm³/mol. The number of carbonyl (C=O) groups is 2. The van der Waals surface area contributed by atoms with Crippen molar-refractivity contribution >= 4 is 33.8 Å². The molecule has 1 aromatic rings. The van der Waals surface area contributed by atoms with Gasteiger partial charge in [0.05, 0.1) is 6.21 Å². The number of oxime groups is 1. The molecule has 4 atom stereocenters. The topological polar surface area (TPSA) is 77.0 Å². The lowest BCUT2D eigenvalue weighted by atomic mass is 9.99. The number of halogens is 1. The van der Waals surface area contributed by atoms with E-state index in [0.717, 1.165) is 10.0 Å². The third kappa shape index (κ3) is 2.61. The van der Waals surface area contributed by atoms with Crippen molar-refractivity contribution in [3.05, 3.63) is 28.2 Å². The van der Waals surface area contributed by atoms with Gasteiger partial charge in [0.25, 0.3) is 0 Å². The Hall–Kier alpha value is -1.89. The molecule has 0 fully saturated rings. The summed E-state index contributed by atoms with van der Waals surface area (Å²) in [6.45, 7) is 3.23. The molecule has 2 heterocycles. The lowest BCUT2D eigenvalue weighted by Crippen LogP contribution is -2.43. The summed E-state index contributed by atoms with van der Waals surface area (Å²) >= 11 is 3.40. The van der Waals surface area contributed by atoms with Crippen LogP contribution in [0.5, 0.6) is 5.75 Å². The van der Waals surface area contributed by atoms with E-state index in [-0.39, 0.29) is 17.8 Å². The van der Waals surface area contributed by atoms with Gasteiger partial charge in [0.15, 0.2) is 11.9 Å². The standard InChI is InChI=1S/C15H15BrN2O4/c1-7(19)14-13(10-5-9(16)3-4-12(10)21-14)18-15(20)11-6-17-22-8(11)2/h3-6,8,11,13-14H,1-2H3,(H,18,20). The van der Waals surface area contributed by atoms with Gasteiger partial charge >= 0.3 is 0 Å². The Labute approximate surface area is 136 Å². The third-order valence-electron chi connectivity index (χ3n) is 3.82. The first-order valence-electron chi connectivity index (χ1n) is 6.93. The number of benzene rings is 1. The number of fused-ring (bicyclic) bond motifs is 1. The van der Waals surface area contributed by atoms with E-state index in [1.165, 1.54) is 13.1 Å². The minimum Gasteiger partial charge on any atom is -0.480 e. The molecule has 4 unspecified atom stereocenters. The number of amides is 1. The van der Waals surface area contributed by atoms with Gasteiger partial charge in [0, 0.05) is 10.0 Å². The van der Waals surface area contributed by atoms with Gasteiger partial charge in [0.2, 0.25) is 5.91 Å². The van der Waals surface area contributed by atoms with Crippen LogP contribution in [-0.4, -0.2) is 30.1 Å². The molecule has 2 aliphatic rings. The molecule has 0 saturated carbocycles. The fraction of sp³-hybridized carbons (Fsp3) is 0.400. The Morgan fingerprint density at radius 3 is 2.77 bits per heavy atom. The fourth-order valence-electron chi connectivity index (χ4n) is 2.62. The van der Waals surface area contributed by atoms with Crippen molar-refractivity contribution < 1.29 is 19.2 Å². The van der Waals surface area contributed by atoms with Crippen molar-refractivity contribution in [1.29, 1.82) is 0 Å². The van der Waals surface area contributed by atoms with E-state index in [4.69, 9.17) is 9.57 Å². The Balaban J connectivity index is 1.86. The van der Waals surface area contributed by atoms with Gasteiger partial charge in [-0.25, -0.2) is 0 Å². The molecule has 0 radical (unpaired) electrons. The molecule has 0 bridgehead atoms. The van der Waals surface area contributed by atoms with Gasteiger partial charge < -0.3 is 14.9 Å². The number of nitrogens with zero attached hydrogens (tertiary/aromatic N) is 1. The summed E-state index contributed by atoms with van der Waals surface area (Å²) < 4.78 is 6.54. The zero-order valence-electron chi connectivity index (χ0n) is 12.1. The highest BCUT2D eigenvalue weighted by Crippen LogP contribution is 2.39. The molecular weight excluding hydrogens is 352 g/mol. The van der Waals surface area contributed by atoms with E-state index < -0.39 is 18.1 Å². The monoisotopic (exact) mass is 366 g/mol. The predicted octanol–water partition coefficient (Wildman–Crippen LogP) is 1.98. The quantitative estimate of drug-likeness (QED) is 0.886. The van der Waals surface area contributed by atoms with E-state index >= 15 is 0 Å². The molecule has 0 aromatic heterocycles. The minimum absolute atomic E-state index is 0.137. The van der Waals surface area contributed by atoms with Crippen LogP contribution >= 0.6 is 15.9 Å². The fourth-order valence-corrected chi connectivity index (χ4v) is 3.00. The van der Waals surface area contributed by atoms with Crippen molar-refractivity contribution in [3.8, 4) is 5.75 Å². The second-order valence-corrected chi connectivity index (χ2v) is 6.32. The zero-order valence-corrected chi connectivity index (χ0v) is 13.7. The molecule has 1 N–H and O–H groups in total. The smallest absolute Gasteiger partial charge is 0.233 e. The molecule has 22 heavy (non-hydrogen) atoms. The summed E-state index contributed by atoms with van der Waals surface area (Å²) in [6.07, 6.45) is 0.434. The van der Waals surface area contributed by atoms with Crippen LogP contribution in [0.1, 0.15) is 25.5 Å². The highest BCUT2D eigenvalue weighted by atomic mass is 79.9. The van der Waals surface area contributed by atoms with Gasteiger partial charge in [0.1, 0.15) is 23.8 Å². The summed E-state index contributed by atoms with van der Waals surface area (Å²) in [5, 5.41) is 6.55. The molecule has 0 saturated heterocycles. The number of hydrogen-bond acceptors (Lipinski definition) is 5. The van der Waals surface area contributed by atoms with Gasteiger partial charge in [-0.3, -0.25) is 9.59 Å². The maximum Gasteiger partial charge on any atom is 0.233 e. The van der Waals surface area contributed by atoms with Gasteiger partial charge in [-0.1, -0.05) is 21.1 Å². The Bertz CT molecular complexity index is 661. The van der Waals surface area contributed by atoms with Crippen LogP contribution < -0.4 is 10.1 Å². The number of Topliss-reactive ketones (excluding diaryl/α,β-unsaturated/α-hetero) is 1. The van der Waals surface area contributed by atoms with Gasteiger partial charge in [-0.15, -0.1) is 0 Å². The van der Waals surface area contributed by atoms with Crippen LogP contribution in [0.3, 0.4) is 0 Å². The zero-order chi connectivity index (χ0) is 15.9. The van der Waals surface area contributed by atoms with E-state index in [1.54, 1.807) is 13.0 Å². The normalized spacial score (nSPS) is 28.7. The first-order chi connectivity index (χ1) is 10.5. The van der Waals surface area contributed by atoms with Crippen LogP contribution in [0.4, 0.5) is 0 Å². The van der Waals surface area contributed by atoms with Gasteiger partial charge in [-0.05, 0) is 32.0 Å². The number of ketones is 1. The summed E-state index contributed by atoms with van der Waals surface area (Å²) in [5.41, 5.74) is 0.784. The van der Waals surface area contributed by atoms with Gasteiger partial charge in [-0.2, -0.15) is 0 Å². The molecule has 6 nitrogen and oxygen atoms in total. The average molecular weight is 367 g/mol. The average Bonchev–Trinajstić information content (AvgIpc) is 3.03. The molecule has 7 heteroatoms. The lowest BCUT2D eigenvalue weighted by molar-refractivity contribution is -0.128. The van der Waals surface area contributed by atoms with Crippen LogP contribution in [0.2, 0.25) is 0 Å². The largest absolute Gasteiger partial charge is 0.480 e. The van der Waals surface area contributed by atoms with E-state index in [2.05, 4.69) is 26.4 Å². The van der Waals surface area contributed by atoms with E-state index in [0.29, 0.717) is 5.75 Å². The summed E-state index contributed by atoms with van der Waals surface area (Å²) in [6, 6.07) is 4.95. The highest BCUT2D eigenvalue weighted by molar-refractivity contribution is 9.10. The molecule has 2 aliphatic heterocycles. The Morgan fingerprint density at radius 1 is 1.36 bits per heavy atom. The van der Waals surface area contributed by atoms with Crippen molar-refractivity contribution in [3.63, 3.8) is 0 Å². The van der Waals surface area contributed by atoms with E-state index in [1.807, 2.05) is 12.1 Å². The number of ether oxygens (including phenoxy) is 1. The lowest BCUT2D eigenvalue weighted by Gasteiger charge is -2.20. The second-order valence-electron chi connectivity index (χ2n) is 5.41. The van der Waals surface area contributed by atoms with Crippen LogP contribution in [0, 0.1) is 5.92 Å². The summed E-state index contributed by atoms with van der Waals surface area (Å²) in [4.78, 5) is 29.3.